The number of hydrogen-bond donors (Lipinski definition) is 1. The highest BCUT2D eigenvalue weighted by molar-refractivity contribution is 7.06. The van der Waals surface area contributed by atoms with Gasteiger partial charge < -0.3 is 10.0 Å². The molecule has 5 heteroatoms. The van der Waals surface area contributed by atoms with Crippen molar-refractivity contribution in [2.75, 3.05) is 20.1 Å². The molecule has 2 heterocycles. The lowest BCUT2D eigenvalue weighted by molar-refractivity contribution is -0.145. The number of aromatic nitrogens is 1. The topological polar surface area (TPSA) is 53.4 Å². The van der Waals surface area contributed by atoms with Crippen LogP contribution in [0.2, 0.25) is 0 Å². The van der Waals surface area contributed by atoms with Crippen molar-refractivity contribution in [1.82, 2.24) is 9.27 Å². The molecule has 0 unspecified atom stereocenters. The van der Waals surface area contributed by atoms with Crippen LogP contribution in [-0.4, -0.2) is 40.5 Å². The van der Waals surface area contributed by atoms with Gasteiger partial charge in [0.2, 0.25) is 0 Å². The van der Waals surface area contributed by atoms with Crippen LogP contribution >= 0.6 is 11.5 Å². The number of carbonyl (C=O) groups is 1. The third kappa shape index (κ3) is 1.77. The average Bonchev–Trinajstić information content (AvgIpc) is 2.72. The number of likely N-dealkylation sites (tertiary alicyclic amines) is 1. The van der Waals surface area contributed by atoms with Gasteiger partial charge in [0.15, 0.2) is 0 Å². The number of carboxylic acids is 1. The van der Waals surface area contributed by atoms with E-state index in [4.69, 9.17) is 0 Å². The maximum absolute atomic E-state index is 11.4. The number of nitrogens with zero attached hydrogens (tertiary/aromatic N) is 2. The van der Waals surface area contributed by atoms with E-state index in [2.05, 4.69) is 9.27 Å². The van der Waals surface area contributed by atoms with E-state index in [1.54, 1.807) is 6.20 Å². The minimum absolute atomic E-state index is 0.682. The molecule has 1 N–H and O–H groups in total. The molecule has 1 aliphatic heterocycles. The molecule has 0 bridgehead atoms. The number of piperidine rings is 1. The first-order valence-corrected chi connectivity index (χ1v) is 5.75. The Kier molecular flexibility index (Phi) is 2.75. The van der Waals surface area contributed by atoms with E-state index in [-0.39, 0.29) is 0 Å². The predicted octanol–water partition coefficient (Wildman–Crippen LogP) is 1.19. The number of hydrogen-bond acceptors (Lipinski definition) is 4. The van der Waals surface area contributed by atoms with E-state index in [0.29, 0.717) is 12.8 Å². The molecule has 82 valence electrons. The van der Waals surface area contributed by atoms with Gasteiger partial charge in [0.1, 0.15) is 5.41 Å². The molecule has 0 saturated carbocycles. The highest BCUT2D eigenvalue weighted by Gasteiger charge is 2.43. The van der Waals surface area contributed by atoms with Gasteiger partial charge in [-0.3, -0.25) is 4.79 Å². The lowest BCUT2D eigenvalue weighted by Crippen LogP contribution is -2.45. The fraction of sp³-hybridized carbons (Fsp3) is 0.600. The Hall–Kier alpha value is -0.940. The van der Waals surface area contributed by atoms with Gasteiger partial charge in [0.05, 0.1) is 0 Å². The smallest absolute Gasteiger partial charge is 0.315 e. The van der Waals surface area contributed by atoms with Gasteiger partial charge in [-0.2, -0.15) is 0 Å². The van der Waals surface area contributed by atoms with Crippen molar-refractivity contribution in [2.45, 2.75) is 18.3 Å². The Balaban J connectivity index is 2.30. The quantitative estimate of drug-likeness (QED) is 0.823. The lowest BCUT2D eigenvalue weighted by Gasteiger charge is -2.36. The molecule has 1 aliphatic rings. The zero-order valence-corrected chi connectivity index (χ0v) is 9.46. The Labute approximate surface area is 92.7 Å². The molecule has 1 fully saturated rings. The van der Waals surface area contributed by atoms with Crippen molar-refractivity contribution in [3.8, 4) is 0 Å². The van der Waals surface area contributed by atoms with Crippen molar-refractivity contribution in [3.63, 3.8) is 0 Å². The summed E-state index contributed by atoms with van der Waals surface area (Å²) in [5.74, 6) is -0.708. The normalized spacial score (nSPS) is 21.4. The van der Waals surface area contributed by atoms with Crippen LogP contribution in [0.25, 0.3) is 0 Å². The summed E-state index contributed by atoms with van der Waals surface area (Å²) in [5, 5.41) is 9.41. The van der Waals surface area contributed by atoms with Gasteiger partial charge in [-0.25, -0.2) is 4.37 Å². The van der Waals surface area contributed by atoms with Gasteiger partial charge in [-0.05, 0) is 50.6 Å². The van der Waals surface area contributed by atoms with Crippen molar-refractivity contribution in [2.24, 2.45) is 0 Å². The van der Waals surface area contributed by atoms with Crippen LogP contribution in [0, 0.1) is 0 Å². The maximum Gasteiger partial charge on any atom is 0.315 e. The molecule has 0 radical (unpaired) electrons. The minimum Gasteiger partial charge on any atom is -0.481 e. The Morgan fingerprint density at radius 2 is 2.27 bits per heavy atom. The second kappa shape index (κ2) is 3.90. The molecule has 0 aromatic carbocycles. The standard InChI is InChI=1S/C10H14N2O2S/c1-12-6-3-10(4-7-12,9(13)14)8-2-5-11-15-8/h2,5H,3-4,6-7H2,1H3,(H,13,14). The van der Waals surface area contributed by atoms with Crippen LogP contribution in [0.3, 0.4) is 0 Å². The van der Waals surface area contributed by atoms with Gasteiger partial charge in [-0.1, -0.05) is 0 Å². The summed E-state index contributed by atoms with van der Waals surface area (Å²) >= 11 is 1.31. The largest absolute Gasteiger partial charge is 0.481 e. The molecule has 0 aliphatic carbocycles. The summed E-state index contributed by atoms with van der Waals surface area (Å²) in [6.45, 7) is 1.68. The molecule has 0 spiro atoms. The average molecular weight is 226 g/mol. The van der Waals surface area contributed by atoms with E-state index in [9.17, 15) is 9.90 Å². The van der Waals surface area contributed by atoms with Crippen LogP contribution in [-0.2, 0) is 10.2 Å². The molecule has 1 saturated heterocycles. The monoisotopic (exact) mass is 226 g/mol. The van der Waals surface area contributed by atoms with E-state index < -0.39 is 11.4 Å². The molecule has 1 aromatic heterocycles. The Bertz CT molecular complexity index is 342. The van der Waals surface area contributed by atoms with Gasteiger partial charge in [0, 0.05) is 11.1 Å². The summed E-state index contributed by atoms with van der Waals surface area (Å²) in [5.41, 5.74) is -0.687. The van der Waals surface area contributed by atoms with Crippen LogP contribution in [0.1, 0.15) is 17.7 Å². The first kappa shape index (κ1) is 10.6. The molecule has 4 nitrogen and oxygen atoms in total. The second-order valence-corrected chi connectivity index (χ2v) is 4.90. The third-order valence-corrected chi connectivity index (χ3v) is 4.11. The molecule has 15 heavy (non-hydrogen) atoms. The van der Waals surface area contributed by atoms with E-state index in [1.165, 1.54) is 11.5 Å². The summed E-state index contributed by atoms with van der Waals surface area (Å²) in [4.78, 5) is 14.5. The van der Waals surface area contributed by atoms with Crippen molar-refractivity contribution < 1.29 is 9.90 Å². The van der Waals surface area contributed by atoms with Crippen LogP contribution in [0.15, 0.2) is 12.3 Å². The Morgan fingerprint density at radius 3 is 2.73 bits per heavy atom. The molecular formula is C10H14N2O2S. The lowest BCUT2D eigenvalue weighted by atomic mass is 9.77. The highest BCUT2D eigenvalue weighted by Crippen LogP contribution is 2.37. The van der Waals surface area contributed by atoms with Crippen molar-refractivity contribution in [3.05, 3.63) is 17.1 Å². The molecule has 1 aromatic rings. The fourth-order valence-electron chi connectivity index (χ4n) is 2.03. The van der Waals surface area contributed by atoms with Gasteiger partial charge in [-0.15, -0.1) is 0 Å². The third-order valence-electron chi connectivity index (χ3n) is 3.16. The van der Waals surface area contributed by atoms with Crippen molar-refractivity contribution in [1.29, 1.82) is 0 Å². The van der Waals surface area contributed by atoms with E-state index in [0.717, 1.165) is 18.0 Å². The minimum atomic E-state index is -0.708. The van der Waals surface area contributed by atoms with Gasteiger partial charge in [0.25, 0.3) is 0 Å². The number of carboxylic acid groups (broad SMARTS) is 1. The predicted molar refractivity (Wildman–Crippen MR) is 58.2 cm³/mol. The first-order chi connectivity index (χ1) is 7.15. The fourth-order valence-corrected chi connectivity index (χ4v) is 2.85. The summed E-state index contributed by atoms with van der Waals surface area (Å²) in [7, 11) is 2.03. The number of aliphatic carboxylic acids is 1. The van der Waals surface area contributed by atoms with Crippen LogP contribution in [0.5, 0.6) is 0 Å². The van der Waals surface area contributed by atoms with Crippen LogP contribution < -0.4 is 0 Å². The summed E-state index contributed by atoms with van der Waals surface area (Å²) < 4.78 is 4.01. The van der Waals surface area contributed by atoms with E-state index in [1.807, 2.05) is 13.1 Å². The second-order valence-electron chi connectivity index (χ2n) is 4.07. The van der Waals surface area contributed by atoms with Crippen molar-refractivity contribution >= 4 is 17.5 Å². The van der Waals surface area contributed by atoms with E-state index >= 15 is 0 Å². The zero-order chi connectivity index (χ0) is 10.9. The first-order valence-electron chi connectivity index (χ1n) is 4.98. The zero-order valence-electron chi connectivity index (χ0n) is 8.64. The summed E-state index contributed by atoms with van der Waals surface area (Å²) in [6.07, 6.45) is 3.05. The molecular weight excluding hydrogens is 212 g/mol. The number of rotatable bonds is 2. The SMILES string of the molecule is CN1CCC(C(=O)O)(c2ccns2)CC1. The highest BCUT2D eigenvalue weighted by atomic mass is 32.1. The van der Waals surface area contributed by atoms with Gasteiger partial charge >= 0.3 is 5.97 Å². The maximum atomic E-state index is 11.4. The summed E-state index contributed by atoms with van der Waals surface area (Å²) in [6, 6.07) is 1.84. The Morgan fingerprint density at radius 1 is 1.60 bits per heavy atom. The molecule has 0 amide bonds. The molecule has 0 atom stereocenters. The molecule has 2 rings (SSSR count). The van der Waals surface area contributed by atoms with Crippen LogP contribution in [0.4, 0.5) is 0 Å².